The molecule has 1 atom stereocenters. The van der Waals surface area contributed by atoms with E-state index in [1.54, 1.807) is 0 Å². The Hall–Kier alpha value is -0.120. The van der Waals surface area contributed by atoms with Gasteiger partial charge in [-0.3, -0.25) is 0 Å². The van der Waals surface area contributed by atoms with Gasteiger partial charge in [-0.05, 0) is 6.92 Å². The highest BCUT2D eigenvalue weighted by Gasteiger charge is 2.22. The third kappa shape index (κ3) is 3.46. The Labute approximate surface area is 54.9 Å². The molecule has 0 amide bonds. The highest BCUT2D eigenvalue weighted by Crippen LogP contribution is 2.08. The topological polar surface area (TPSA) is 31.0 Å². The van der Waals surface area contributed by atoms with Crippen molar-refractivity contribution in [1.29, 1.82) is 0 Å². The molecule has 9 heavy (non-hydrogen) atoms. The maximum Gasteiger partial charge on any atom is 0.209 e. The van der Waals surface area contributed by atoms with Gasteiger partial charge in [-0.15, -0.1) is 0 Å². The fourth-order valence-corrected chi connectivity index (χ4v) is 0.427. The van der Waals surface area contributed by atoms with E-state index in [1.807, 2.05) is 6.92 Å². The normalized spacial score (nSPS) is 24.3. The lowest BCUT2D eigenvalue weighted by Crippen LogP contribution is -2.00. The quantitative estimate of drug-likeness (QED) is 0.403. The lowest BCUT2D eigenvalue weighted by molar-refractivity contribution is 0.0200. The van der Waals surface area contributed by atoms with Crippen LogP contribution in [0.1, 0.15) is 6.92 Å². The average Bonchev–Trinajstić information content (AvgIpc) is 2.63. The molecule has 0 N–H and O–H groups in total. The van der Waals surface area contributed by atoms with E-state index in [0.717, 1.165) is 6.61 Å². The molecule has 1 aliphatic rings. The minimum Gasteiger partial charge on any atom is -0.371 e. The number of hydrogen-bond acceptors (Lipinski definition) is 3. The Bertz CT molecular complexity index is 70.7. The van der Waals surface area contributed by atoms with Crippen LogP contribution in [0.15, 0.2) is 0 Å². The lowest BCUT2D eigenvalue weighted by Gasteiger charge is -1.97. The molecule has 0 aromatic carbocycles. The predicted molar refractivity (Wildman–Crippen MR) is 31.6 cm³/mol. The minimum absolute atomic E-state index is 0.321. The number of hydrogen-bond donors (Lipinski definition) is 0. The molecule has 0 aromatic heterocycles. The van der Waals surface area contributed by atoms with Crippen molar-refractivity contribution in [2.24, 2.45) is 0 Å². The van der Waals surface area contributed by atoms with Gasteiger partial charge in [-0.1, -0.05) is 0 Å². The molecular weight excluding hydrogens is 120 g/mol. The van der Waals surface area contributed by atoms with Gasteiger partial charge >= 0.3 is 0 Å². The predicted octanol–water partition coefficient (Wildman–Crippen LogP) is 0.558. The molecule has 3 nitrogen and oxygen atoms in total. The van der Waals surface area contributed by atoms with Gasteiger partial charge in [0.2, 0.25) is 6.79 Å². The molecule has 3 heteroatoms. The first-order chi connectivity index (χ1) is 4.43. The van der Waals surface area contributed by atoms with Crippen LogP contribution < -0.4 is 0 Å². The zero-order chi connectivity index (χ0) is 6.53. The third-order valence-electron chi connectivity index (χ3n) is 0.987. The summed E-state index contributed by atoms with van der Waals surface area (Å²) in [5, 5.41) is 0. The molecule has 1 unspecified atom stereocenters. The summed E-state index contributed by atoms with van der Waals surface area (Å²) in [6.07, 6.45) is 0.321. The van der Waals surface area contributed by atoms with E-state index in [2.05, 4.69) is 0 Å². The summed E-state index contributed by atoms with van der Waals surface area (Å²) in [5.74, 6) is 0. The van der Waals surface area contributed by atoms with Gasteiger partial charge in [-0.2, -0.15) is 0 Å². The molecule has 0 aliphatic carbocycles. The SMILES string of the molecule is CCO[CH]OCC1CO1. The van der Waals surface area contributed by atoms with E-state index in [-0.39, 0.29) is 0 Å². The van der Waals surface area contributed by atoms with Crippen LogP contribution in [0.3, 0.4) is 0 Å². The van der Waals surface area contributed by atoms with E-state index in [9.17, 15) is 0 Å². The molecule has 1 rings (SSSR count). The zero-order valence-electron chi connectivity index (χ0n) is 5.50. The van der Waals surface area contributed by atoms with Crippen molar-refractivity contribution < 1.29 is 14.2 Å². The summed E-state index contributed by atoms with van der Waals surface area (Å²) in [7, 11) is 0. The largest absolute Gasteiger partial charge is 0.371 e. The minimum atomic E-state index is 0.321. The van der Waals surface area contributed by atoms with Gasteiger partial charge in [0, 0.05) is 6.61 Å². The van der Waals surface area contributed by atoms with E-state index in [0.29, 0.717) is 19.3 Å². The van der Waals surface area contributed by atoms with E-state index in [4.69, 9.17) is 14.2 Å². The van der Waals surface area contributed by atoms with Gasteiger partial charge in [-0.25, -0.2) is 0 Å². The van der Waals surface area contributed by atoms with Gasteiger partial charge in [0.1, 0.15) is 6.10 Å². The highest BCUT2D eigenvalue weighted by molar-refractivity contribution is 4.67. The van der Waals surface area contributed by atoms with Crippen molar-refractivity contribution in [3.05, 3.63) is 6.79 Å². The molecular formula is C6H11O3. The summed E-state index contributed by atoms with van der Waals surface area (Å²) < 4.78 is 14.6. The summed E-state index contributed by atoms with van der Waals surface area (Å²) in [6.45, 7) is 5.39. The second-order valence-electron chi connectivity index (χ2n) is 1.84. The number of ether oxygens (including phenoxy) is 3. The summed E-state index contributed by atoms with van der Waals surface area (Å²) in [5.41, 5.74) is 0. The molecule has 1 saturated heterocycles. The fourth-order valence-electron chi connectivity index (χ4n) is 0.427. The van der Waals surface area contributed by atoms with Gasteiger partial charge < -0.3 is 14.2 Å². The van der Waals surface area contributed by atoms with Gasteiger partial charge in [0.05, 0.1) is 13.2 Å². The van der Waals surface area contributed by atoms with E-state index >= 15 is 0 Å². The van der Waals surface area contributed by atoms with Crippen LogP contribution in [0.2, 0.25) is 0 Å². The highest BCUT2D eigenvalue weighted by atomic mass is 16.7. The van der Waals surface area contributed by atoms with Crippen LogP contribution in [0.25, 0.3) is 0 Å². The summed E-state index contributed by atoms with van der Waals surface area (Å²) >= 11 is 0. The fraction of sp³-hybridized carbons (Fsp3) is 0.833. The molecule has 0 bridgehead atoms. The molecule has 1 radical (unpaired) electrons. The van der Waals surface area contributed by atoms with Crippen LogP contribution in [0.5, 0.6) is 0 Å². The first-order valence-corrected chi connectivity index (χ1v) is 3.10. The molecule has 53 valence electrons. The Morgan fingerprint density at radius 3 is 3.00 bits per heavy atom. The third-order valence-corrected chi connectivity index (χ3v) is 0.987. The maximum atomic E-state index is 4.93. The summed E-state index contributed by atoms with van der Waals surface area (Å²) in [4.78, 5) is 0. The van der Waals surface area contributed by atoms with Crippen molar-refractivity contribution in [3.63, 3.8) is 0 Å². The Balaban J connectivity index is 1.71. The second-order valence-corrected chi connectivity index (χ2v) is 1.84. The van der Waals surface area contributed by atoms with Crippen LogP contribution in [0, 0.1) is 6.79 Å². The van der Waals surface area contributed by atoms with Crippen molar-refractivity contribution in [2.45, 2.75) is 13.0 Å². The first-order valence-electron chi connectivity index (χ1n) is 3.10. The first kappa shape index (κ1) is 6.99. The zero-order valence-corrected chi connectivity index (χ0v) is 5.50. The molecule has 1 aliphatic heterocycles. The molecule has 0 spiro atoms. The van der Waals surface area contributed by atoms with Crippen LogP contribution in [0.4, 0.5) is 0 Å². The monoisotopic (exact) mass is 131 g/mol. The van der Waals surface area contributed by atoms with Crippen molar-refractivity contribution in [3.8, 4) is 0 Å². The lowest BCUT2D eigenvalue weighted by atomic mass is 10.5. The van der Waals surface area contributed by atoms with Gasteiger partial charge in [0.25, 0.3) is 0 Å². The molecule has 1 fully saturated rings. The molecule has 0 saturated carbocycles. The van der Waals surface area contributed by atoms with Crippen LogP contribution in [-0.4, -0.2) is 25.9 Å². The molecule has 1 heterocycles. The van der Waals surface area contributed by atoms with E-state index < -0.39 is 0 Å². The Morgan fingerprint density at radius 1 is 1.67 bits per heavy atom. The average molecular weight is 131 g/mol. The van der Waals surface area contributed by atoms with E-state index in [1.165, 1.54) is 6.79 Å². The van der Waals surface area contributed by atoms with Crippen molar-refractivity contribution in [1.82, 2.24) is 0 Å². The summed E-state index contributed by atoms with van der Waals surface area (Å²) in [6, 6.07) is 0. The molecule has 0 aromatic rings. The van der Waals surface area contributed by atoms with Crippen LogP contribution in [-0.2, 0) is 14.2 Å². The smallest absolute Gasteiger partial charge is 0.209 e. The van der Waals surface area contributed by atoms with Gasteiger partial charge in [0.15, 0.2) is 0 Å². The Morgan fingerprint density at radius 2 is 2.44 bits per heavy atom. The maximum absolute atomic E-state index is 4.93. The Kier molecular flexibility index (Phi) is 2.97. The number of rotatable bonds is 5. The van der Waals surface area contributed by atoms with Crippen LogP contribution >= 0.6 is 0 Å². The van der Waals surface area contributed by atoms with Crippen molar-refractivity contribution >= 4 is 0 Å². The standard InChI is InChI=1S/C6H11O3/c1-2-7-5-8-3-6-4-9-6/h5-6H,2-4H2,1H3. The number of epoxide rings is 1. The van der Waals surface area contributed by atoms with Crippen molar-refractivity contribution in [2.75, 3.05) is 19.8 Å². The second kappa shape index (κ2) is 3.82.